The molecule has 146 valence electrons. The maximum atomic E-state index is 12.8. The van der Waals surface area contributed by atoms with Gasteiger partial charge in [0.15, 0.2) is 0 Å². The molecule has 1 saturated heterocycles. The van der Waals surface area contributed by atoms with E-state index in [0.717, 1.165) is 30.4 Å². The Balaban J connectivity index is 1.38. The van der Waals surface area contributed by atoms with Crippen LogP contribution in [0.1, 0.15) is 41.8 Å². The van der Waals surface area contributed by atoms with Crippen LogP contribution in [0.25, 0.3) is 0 Å². The Morgan fingerprint density at radius 3 is 2.68 bits per heavy atom. The van der Waals surface area contributed by atoms with Gasteiger partial charge in [-0.1, -0.05) is 19.9 Å². The minimum atomic E-state index is -0.0297. The molecule has 0 aromatic carbocycles. The summed E-state index contributed by atoms with van der Waals surface area (Å²) in [5, 5.41) is 7.25. The van der Waals surface area contributed by atoms with Crippen molar-refractivity contribution in [1.29, 1.82) is 0 Å². The summed E-state index contributed by atoms with van der Waals surface area (Å²) < 4.78 is 2.08. The summed E-state index contributed by atoms with van der Waals surface area (Å²) in [5.41, 5.74) is 1.36. The number of nitrogens with one attached hydrogen (secondary N) is 1. The van der Waals surface area contributed by atoms with Gasteiger partial charge in [0.25, 0.3) is 5.91 Å². The lowest BCUT2D eigenvalue weighted by molar-refractivity contribution is 0.0740. The van der Waals surface area contributed by atoms with Gasteiger partial charge in [0.1, 0.15) is 17.3 Å². The Labute approximate surface area is 164 Å². The largest absolute Gasteiger partial charge is 0.353 e. The maximum Gasteiger partial charge on any atom is 0.274 e. The Bertz CT molecular complexity index is 923. The van der Waals surface area contributed by atoms with Gasteiger partial charge in [-0.25, -0.2) is 9.97 Å². The molecule has 1 fully saturated rings. The number of rotatable bonds is 5. The zero-order valence-corrected chi connectivity index (χ0v) is 16.2. The van der Waals surface area contributed by atoms with Crippen LogP contribution in [0.15, 0.2) is 42.9 Å². The number of carbonyl (C=O) groups is 1. The van der Waals surface area contributed by atoms with Crippen LogP contribution in [0.2, 0.25) is 0 Å². The number of piperazine rings is 1. The molecule has 4 heterocycles. The molecule has 0 unspecified atom stereocenters. The molecule has 1 N–H and O–H groups in total. The van der Waals surface area contributed by atoms with Gasteiger partial charge in [-0.15, -0.1) is 0 Å². The van der Waals surface area contributed by atoms with Crippen LogP contribution >= 0.6 is 0 Å². The number of H-pyrrole nitrogens is 1. The van der Waals surface area contributed by atoms with Gasteiger partial charge in [0, 0.05) is 50.7 Å². The van der Waals surface area contributed by atoms with Gasteiger partial charge in [0.2, 0.25) is 0 Å². The number of pyridine rings is 1. The van der Waals surface area contributed by atoms with Crippen molar-refractivity contribution in [2.45, 2.75) is 26.3 Å². The summed E-state index contributed by atoms with van der Waals surface area (Å²) in [6, 6.07) is 7.74. The third-order valence-electron chi connectivity index (χ3n) is 4.99. The molecular weight excluding hydrogens is 354 g/mol. The van der Waals surface area contributed by atoms with Crippen molar-refractivity contribution >= 4 is 11.7 Å². The van der Waals surface area contributed by atoms with E-state index in [1.165, 1.54) is 0 Å². The first kappa shape index (κ1) is 18.2. The van der Waals surface area contributed by atoms with Crippen molar-refractivity contribution in [3.63, 3.8) is 0 Å². The summed E-state index contributed by atoms with van der Waals surface area (Å²) in [6.45, 7) is 7.73. The molecule has 3 aromatic heterocycles. The van der Waals surface area contributed by atoms with Gasteiger partial charge >= 0.3 is 0 Å². The lowest BCUT2D eigenvalue weighted by Gasteiger charge is -2.35. The van der Waals surface area contributed by atoms with E-state index in [-0.39, 0.29) is 5.91 Å². The van der Waals surface area contributed by atoms with Crippen LogP contribution in [-0.4, -0.2) is 61.7 Å². The minimum Gasteiger partial charge on any atom is -0.353 e. The molecule has 8 nitrogen and oxygen atoms in total. The molecule has 1 amide bonds. The average Bonchev–Trinajstić information content (AvgIpc) is 3.38. The van der Waals surface area contributed by atoms with Crippen molar-refractivity contribution in [1.82, 2.24) is 29.6 Å². The number of imidazole rings is 1. The lowest BCUT2D eigenvalue weighted by atomic mass is 10.2. The first-order valence-corrected chi connectivity index (χ1v) is 9.62. The van der Waals surface area contributed by atoms with Crippen molar-refractivity contribution < 1.29 is 4.79 Å². The molecule has 0 saturated carbocycles. The highest BCUT2D eigenvalue weighted by molar-refractivity contribution is 5.92. The molecule has 1 aliphatic heterocycles. The van der Waals surface area contributed by atoms with E-state index in [1.54, 1.807) is 12.4 Å². The van der Waals surface area contributed by atoms with E-state index in [0.29, 0.717) is 31.2 Å². The van der Waals surface area contributed by atoms with Crippen LogP contribution in [0.5, 0.6) is 0 Å². The van der Waals surface area contributed by atoms with E-state index >= 15 is 0 Å². The van der Waals surface area contributed by atoms with Gasteiger partial charge < -0.3 is 14.4 Å². The molecule has 0 bridgehead atoms. The summed E-state index contributed by atoms with van der Waals surface area (Å²) in [4.78, 5) is 25.7. The maximum absolute atomic E-state index is 12.8. The van der Waals surface area contributed by atoms with Crippen LogP contribution in [-0.2, 0) is 6.54 Å². The van der Waals surface area contributed by atoms with Crippen molar-refractivity contribution in [3.05, 3.63) is 60.1 Å². The first-order valence-electron chi connectivity index (χ1n) is 9.62. The molecule has 4 rings (SSSR count). The predicted molar refractivity (Wildman–Crippen MR) is 106 cm³/mol. The molecule has 3 aromatic rings. The smallest absolute Gasteiger partial charge is 0.274 e. The Hall–Kier alpha value is -3.16. The van der Waals surface area contributed by atoms with Crippen LogP contribution in [0.4, 0.5) is 5.82 Å². The molecule has 0 radical (unpaired) electrons. The van der Waals surface area contributed by atoms with Crippen molar-refractivity contribution in [3.8, 4) is 0 Å². The monoisotopic (exact) mass is 379 g/mol. The molecular formula is C20H25N7O. The highest BCUT2D eigenvalue weighted by Crippen LogP contribution is 2.16. The number of anilines is 1. The second-order valence-electron chi connectivity index (χ2n) is 7.31. The van der Waals surface area contributed by atoms with Gasteiger partial charge in [0.05, 0.1) is 12.2 Å². The van der Waals surface area contributed by atoms with E-state index in [2.05, 4.69) is 43.5 Å². The lowest BCUT2D eigenvalue weighted by Crippen LogP contribution is -2.49. The summed E-state index contributed by atoms with van der Waals surface area (Å²) in [7, 11) is 0. The number of aromatic nitrogens is 5. The fourth-order valence-corrected chi connectivity index (χ4v) is 3.53. The number of hydrogen-bond acceptors (Lipinski definition) is 5. The molecule has 28 heavy (non-hydrogen) atoms. The fourth-order valence-electron chi connectivity index (χ4n) is 3.53. The van der Waals surface area contributed by atoms with Crippen molar-refractivity contribution in [2.24, 2.45) is 0 Å². The number of amides is 1. The van der Waals surface area contributed by atoms with Crippen molar-refractivity contribution in [2.75, 3.05) is 31.1 Å². The SMILES string of the molecule is CC(C)c1nccn1Cc1cc(C(=O)N2CCN(c3ccccn3)CC2)n[nH]1. The molecule has 0 aliphatic carbocycles. The third kappa shape index (κ3) is 3.76. The highest BCUT2D eigenvalue weighted by Gasteiger charge is 2.24. The number of hydrogen-bond donors (Lipinski definition) is 1. The predicted octanol–water partition coefficient (Wildman–Crippen LogP) is 2.14. The van der Waals surface area contributed by atoms with E-state index in [4.69, 9.17) is 0 Å². The number of aromatic amines is 1. The summed E-state index contributed by atoms with van der Waals surface area (Å²) in [6.07, 6.45) is 5.55. The molecule has 8 heteroatoms. The summed E-state index contributed by atoms with van der Waals surface area (Å²) >= 11 is 0. The zero-order chi connectivity index (χ0) is 19.5. The van der Waals surface area contributed by atoms with Gasteiger partial charge in [-0.2, -0.15) is 5.10 Å². The first-order chi connectivity index (χ1) is 13.6. The average molecular weight is 379 g/mol. The Kier molecular flexibility index (Phi) is 5.10. The van der Waals surface area contributed by atoms with Gasteiger partial charge in [-0.05, 0) is 18.2 Å². The van der Waals surface area contributed by atoms with Gasteiger partial charge in [-0.3, -0.25) is 9.89 Å². The topological polar surface area (TPSA) is 82.9 Å². The molecule has 1 aliphatic rings. The van der Waals surface area contributed by atoms with Crippen LogP contribution in [0.3, 0.4) is 0 Å². The standard InChI is InChI=1S/C20H25N7O/c1-15(2)19-22-7-8-27(19)14-16-13-17(24-23-16)20(28)26-11-9-25(10-12-26)18-5-3-4-6-21-18/h3-8,13,15H,9-12,14H2,1-2H3,(H,23,24). The van der Waals surface area contributed by atoms with E-state index < -0.39 is 0 Å². The van der Waals surface area contributed by atoms with E-state index in [1.807, 2.05) is 35.4 Å². The quantitative estimate of drug-likeness (QED) is 0.734. The van der Waals surface area contributed by atoms with E-state index in [9.17, 15) is 4.79 Å². The second-order valence-corrected chi connectivity index (χ2v) is 7.31. The summed E-state index contributed by atoms with van der Waals surface area (Å²) in [5.74, 6) is 2.29. The number of nitrogens with zero attached hydrogens (tertiary/aromatic N) is 6. The zero-order valence-electron chi connectivity index (χ0n) is 16.2. The fraction of sp³-hybridized carbons (Fsp3) is 0.400. The second kappa shape index (κ2) is 7.84. The number of carbonyl (C=O) groups excluding carboxylic acids is 1. The Morgan fingerprint density at radius 2 is 1.96 bits per heavy atom. The van der Waals surface area contributed by atoms with Crippen LogP contribution in [0, 0.1) is 0 Å². The normalized spacial score (nSPS) is 14.7. The molecule has 0 spiro atoms. The van der Waals surface area contributed by atoms with Crippen LogP contribution < -0.4 is 4.90 Å². The third-order valence-corrected chi connectivity index (χ3v) is 4.99. The highest BCUT2D eigenvalue weighted by atomic mass is 16.2. The Morgan fingerprint density at radius 1 is 1.14 bits per heavy atom. The minimum absolute atomic E-state index is 0.0297. The molecule has 0 atom stereocenters.